The Balaban J connectivity index is 2.80. The summed E-state index contributed by atoms with van der Waals surface area (Å²) in [6, 6.07) is 4.19. The maximum Gasteiger partial charge on any atom is 0.342 e. The molecule has 0 spiro atoms. The fourth-order valence-corrected chi connectivity index (χ4v) is 1.40. The minimum Gasteiger partial charge on any atom is -0.507 e. The lowest BCUT2D eigenvalue weighted by Crippen LogP contribution is -2.35. The van der Waals surface area contributed by atoms with Gasteiger partial charge in [0, 0.05) is 6.54 Å². The summed E-state index contributed by atoms with van der Waals surface area (Å²) < 4.78 is 9.92. The number of carbonyl (C=O) groups is 2. The van der Waals surface area contributed by atoms with E-state index in [1.807, 2.05) is 0 Å². The highest BCUT2D eigenvalue weighted by molar-refractivity contribution is 5.94. The van der Waals surface area contributed by atoms with Crippen LogP contribution in [-0.4, -0.2) is 36.7 Å². The molecule has 1 aromatic rings. The Hall–Kier alpha value is -2.24. The van der Waals surface area contributed by atoms with Crippen LogP contribution in [0.4, 0.5) is 0 Å². The minimum absolute atomic E-state index is 0.0458. The number of esters is 1. The van der Waals surface area contributed by atoms with Gasteiger partial charge in [0.25, 0.3) is 5.91 Å². The first-order chi connectivity index (χ1) is 8.99. The SMILES string of the molecule is CCNC(=O)C(C)OC(=O)c1cc(OC)ccc1O. The number of hydrogen-bond donors (Lipinski definition) is 2. The standard InChI is InChI=1S/C13H17NO5/c1-4-14-12(16)8(2)19-13(17)10-7-9(18-3)5-6-11(10)15/h5-8,15H,4H2,1-3H3,(H,14,16). The predicted molar refractivity (Wildman–Crippen MR) is 68.2 cm³/mol. The van der Waals surface area contributed by atoms with Crippen LogP contribution in [0.3, 0.4) is 0 Å². The van der Waals surface area contributed by atoms with Gasteiger partial charge in [-0.05, 0) is 32.0 Å². The van der Waals surface area contributed by atoms with Crippen molar-refractivity contribution in [3.05, 3.63) is 23.8 Å². The maximum atomic E-state index is 11.8. The average molecular weight is 267 g/mol. The number of hydrogen-bond acceptors (Lipinski definition) is 5. The molecular weight excluding hydrogens is 250 g/mol. The van der Waals surface area contributed by atoms with E-state index in [0.29, 0.717) is 12.3 Å². The van der Waals surface area contributed by atoms with E-state index < -0.39 is 18.0 Å². The van der Waals surface area contributed by atoms with Crippen molar-refractivity contribution in [3.8, 4) is 11.5 Å². The molecule has 0 radical (unpaired) electrons. The number of ether oxygens (including phenoxy) is 2. The van der Waals surface area contributed by atoms with Crippen molar-refractivity contribution in [1.82, 2.24) is 5.32 Å². The van der Waals surface area contributed by atoms with Gasteiger partial charge in [0.05, 0.1) is 7.11 Å². The van der Waals surface area contributed by atoms with E-state index in [9.17, 15) is 14.7 Å². The highest BCUT2D eigenvalue weighted by Gasteiger charge is 2.20. The number of carbonyl (C=O) groups excluding carboxylic acids is 2. The molecule has 1 unspecified atom stereocenters. The molecule has 0 saturated heterocycles. The van der Waals surface area contributed by atoms with Crippen LogP contribution in [0.1, 0.15) is 24.2 Å². The van der Waals surface area contributed by atoms with Crippen LogP contribution in [0.2, 0.25) is 0 Å². The Morgan fingerprint density at radius 2 is 2.11 bits per heavy atom. The number of benzene rings is 1. The van der Waals surface area contributed by atoms with Crippen molar-refractivity contribution in [3.63, 3.8) is 0 Å². The number of methoxy groups -OCH3 is 1. The van der Waals surface area contributed by atoms with E-state index in [0.717, 1.165) is 0 Å². The lowest BCUT2D eigenvalue weighted by atomic mass is 10.2. The van der Waals surface area contributed by atoms with Crippen LogP contribution in [0.25, 0.3) is 0 Å². The predicted octanol–water partition coefficient (Wildman–Crippen LogP) is 1.08. The van der Waals surface area contributed by atoms with Crippen molar-refractivity contribution < 1.29 is 24.2 Å². The fraction of sp³-hybridized carbons (Fsp3) is 0.385. The second kappa shape index (κ2) is 6.63. The van der Waals surface area contributed by atoms with Gasteiger partial charge in [0.15, 0.2) is 6.10 Å². The van der Waals surface area contributed by atoms with E-state index in [-0.39, 0.29) is 11.3 Å². The number of amides is 1. The number of aromatic hydroxyl groups is 1. The van der Waals surface area contributed by atoms with Crippen LogP contribution < -0.4 is 10.1 Å². The van der Waals surface area contributed by atoms with Crippen LogP contribution in [0.5, 0.6) is 11.5 Å². The molecule has 2 N–H and O–H groups in total. The van der Waals surface area contributed by atoms with E-state index >= 15 is 0 Å². The minimum atomic E-state index is -0.932. The molecule has 0 fully saturated rings. The molecule has 0 aliphatic heterocycles. The zero-order chi connectivity index (χ0) is 14.4. The van der Waals surface area contributed by atoms with Gasteiger partial charge >= 0.3 is 5.97 Å². The molecule has 0 heterocycles. The van der Waals surface area contributed by atoms with Crippen molar-refractivity contribution in [2.45, 2.75) is 20.0 Å². The lowest BCUT2D eigenvalue weighted by molar-refractivity contribution is -0.128. The Bertz CT molecular complexity index is 472. The Morgan fingerprint density at radius 1 is 1.42 bits per heavy atom. The largest absolute Gasteiger partial charge is 0.507 e. The van der Waals surface area contributed by atoms with Crippen molar-refractivity contribution >= 4 is 11.9 Å². The molecule has 6 nitrogen and oxygen atoms in total. The number of rotatable bonds is 5. The number of phenols is 1. The molecule has 1 aromatic carbocycles. The Morgan fingerprint density at radius 3 is 2.68 bits per heavy atom. The summed E-state index contributed by atoms with van der Waals surface area (Å²) in [5, 5.41) is 12.1. The lowest BCUT2D eigenvalue weighted by Gasteiger charge is -2.13. The molecule has 0 bridgehead atoms. The first-order valence-electron chi connectivity index (χ1n) is 5.85. The number of nitrogens with one attached hydrogen (secondary N) is 1. The summed E-state index contributed by atoms with van der Waals surface area (Å²) in [5.41, 5.74) is -0.0458. The highest BCUT2D eigenvalue weighted by Crippen LogP contribution is 2.23. The third-order valence-corrected chi connectivity index (χ3v) is 2.43. The quantitative estimate of drug-likeness (QED) is 0.780. The highest BCUT2D eigenvalue weighted by atomic mass is 16.5. The molecule has 104 valence electrons. The first-order valence-corrected chi connectivity index (χ1v) is 5.85. The van der Waals surface area contributed by atoms with Gasteiger partial charge in [0.1, 0.15) is 17.1 Å². The molecule has 0 aliphatic carbocycles. The maximum absolute atomic E-state index is 11.8. The number of phenolic OH excluding ortho intramolecular Hbond substituents is 1. The van der Waals surface area contributed by atoms with E-state index in [1.54, 1.807) is 6.92 Å². The van der Waals surface area contributed by atoms with Crippen molar-refractivity contribution in [2.24, 2.45) is 0 Å². The molecule has 6 heteroatoms. The molecule has 1 rings (SSSR count). The smallest absolute Gasteiger partial charge is 0.342 e. The molecular formula is C13H17NO5. The zero-order valence-electron chi connectivity index (χ0n) is 11.1. The third-order valence-electron chi connectivity index (χ3n) is 2.43. The van der Waals surface area contributed by atoms with Crippen LogP contribution in [0, 0.1) is 0 Å². The van der Waals surface area contributed by atoms with Gasteiger partial charge in [-0.2, -0.15) is 0 Å². The zero-order valence-corrected chi connectivity index (χ0v) is 11.1. The summed E-state index contributed by atoms with van der Waals surface area (Å²) >= 11 is 0. The van der Waals surface area contributed by atoms with Gasteiger partial charge in [-0.25, -0.2) is 4.79 Å². The molecule has 19 heavy (non-hydrogen) atoms. The molecule has 1 amide bonds. The molecule has 0 aliphatic rings. The summed E-state index contributed by atoms with van der Waals surface area (Å²) in [6.07, 6.45) is -0.932. The molecule has 0 aromatic heterocycles. The van der Waals surface area contributed by atoms with Crippen molar-refractivity contribution in [2.75, 3.05) is 13.7 Å². The van der Waals surface area contributed by atoms with Crippen LogP contribution >= 0.6 is 0 Å². The van der Waals surface area contributed by atoms with Crippen LogP contribution in [-0.2, 0) is 9.53 Å². The van der Waals surface area contributed by atoms with Crippen LogP contribution in [0.15, 0.2) is 18.2 Å². The van der Waals surface area contributed by atoms with E-state index in [1.165, 1.54) is 32.2 Å². The molecule has 1 atom stereocenters. The third kappa shape index (κ3) is 3.87. The van der Waals surface area contributed by atoms with Gasteiger partial charge < -0.3 is 19.9 Å². The summed E-state index contributed by atoms with van der Waals surface area (Å²) in [5.74, 6) is -0.988. The molecule has 0 saturated carbocycles. The number of likely N-dealkylation sites (N-methyl/N-ethyl adjacent to an activating group) is 1. The summed E-state index contributed by atoms with van der Waals surface area (Å²) in [6.45, 7) is 3.67. The van der Waals surface area contributed by atoms with Crippen molar-refractivity contribution in [1.29, 1.82) is 0 Å². The first kappa shape index (κ1) is 14.8. The Kier molecular flexibility index (Phi) is 5.17. The second-order valence-corrected chi connectivity index (χ2v) is 3.83. The van der Waals surface area contributed by atoms with Gasteiger partial charge in [-0.15, -0.1) is 0 Å². The Labute approximate surface area is 111 Å². The average Bonchev–Trinajstić information content (AvgIpc) is 2.39. The topological polar surface area (TPSA) is 84.9 Å². The summed E-state index contributed by atoms with van der Waals surface area (Å²) in [4.78, 5) is 23.3. The van der Waals surface area contributed by atoms with E-state index in [2.05, 4.69) is 5.32 Å². The van der Waals surface area contributed by atoms with Gasteiger partial charge in [-0.3, -0.25) is 4.79 Å². The van der Waals surface area contributed by atoms with Gasteiger partial charge in [-0.1, -0.05) is 0 Å². The fourth-order valence-electron chi connectivity index (χ4n) is 1.40. The van der Waals surface area contributed by atoms with E-state index in [4.69, 9.17) is 9.47 Å². The summed E-state index contributed by atoms with van der Waals surface area (Å²) in [7, 11) is 1.44. The normalized spacial score (nSPS) is 11.5. The van der Waals surface area contributed by atoms with Gasteiger partial charge in [0.2, 0.25) is 0 Å². The monoisotopic (exact) mass is 267 g/mol. The second-order valence-electron chi connectivity index (χ2n) is 3.83.